The number of rotatable bonds is 2. The second-order valence-electron chi connectivity index (χ2n) is 3.43. The molecule has 0 amide bonds. The zero-order chi connectivity index (χ0) is 13.5. The van der Waals surface area contributed by atoms with Crippen LogP contribution < -0.4 is 0 Å². The highest BCUT2D eigenvalue weighted by Gasteiger charge is 2.22. The van der Waals surface area contributed by atoms with Crippen molar-refractivity contribution < 1.29 is 17.2 Å². The van der Waals surface area contributed by atoms with Gasteiger partial charge in [0.05, 0.1) is 5.56 Å². The molecule has 1 aromatic heterocycles. The van der Waals surface area contributed by atoms with Crippen molar-refractivity contribution >= 4 is 19.7 Å². The Labute approximate surface area is 105 Å². The van der Waals surface area contributed by atoms with E-state index in [1.807, 2.05) is 0 Å². The molecule has 2 rings (SSSR count). The molecule has 0 saturated carbocycles. The van der Waals surface area contributed by atoms with Crippen LogP contribution in [0.25, 0.3) is 11.4 Å². The molecular formula is C9H6ClF2N3O2S. The van der Waals surface area contributed by atoms with Gasteiger partial charge in [0.25, 0.3) is 14.2 Å². The second-order valence-corrected chi connectivity index (χ2v) is 5.89. The first kappa shape index (κ1) is 12.9. The third kappa shape index (κ3) is 2.21. The third-order valence-electron chi connectivity index (χ3n) is 2.22. The summed E-state index contributed by atoms with van der Waals surface area (Å²) in [6, 6.07) is 2.74. The summed E-state index contributed by atoms with van der Waals surface area (Å²) in [7, 11) is 2.31. The zero-order valence-electron chi connectivity index (χ0n) is 8.93. The number of aromatic nitrogens is 3. The van der Waals surface area contributed by atoms with Crippen LogP contribution in [0.4, 0.5) is 8.78 Å². The Kier molecular flexibility index (Phi) is 3.07. The van der Waals surface area contributed by atoms with Crippen LogP contribution in [0, 0.1) is 11.6 Å². The number of benzene rings is 1. The van der Waals surface area contributed by atoms with Gasteiger partial charge < -0.3 is 0 Å². The third-order valence-corrected chi connectivity index (χ3v) is 3.43. The number of hydrogen-bond donors (Lipinski definition) is 0. The summed E-state index contributed by atoms with van der Waals surface area (Å²) in [4.78, 5) is 0. The van der Waals surface area contributed by atoms with Crippen LogP contribution in [0.5, 0.6) is 0 Å². The average Bonchev–Trinajstić information content (AvgIpc) is 2.63. The zero-order valence-corrected chi connectivity index (χ0v) is 10.5. The molecule has 0 bridgehead atoms. The summed E-state index contributed by atoms with van der Waals surface area (Å²) in [5.41, 5.74) is -0.198. The van der Waals surface area contributed by atoms with Crippen LogP contribution in [0.1, 0.15) is 0 Å². The van der Waals surface area contributed by atoms with Crippen LogP contribution in [0.2, 0.25) is 0 Å². The van der Waals surface area contributed by atoms with E-state index in [0.29, 0.717) is 0 Å². The molecular weight excluding hydrogens is 288 g/mol. The highest BCUT2D eigenvalue weighted by molar-refractivity contribution is 8.13. The highest BCUT2D eigenvalue weighted by atomic mass is 35.7. The Balaban J connectivity index is 2.67. The molecule has 0 fully saturated rings. The molecule has 0 spiro atoms. The predicted molar refractivity (Wildman–Crippen MR) is 59.4 cm³/mol. The number of halogens is 3. The molecule has 1 aromatic carbocycles. The lowest BCUT2D eigenvalue weighted by Crippen LogP contribution is -2.03. The van der Waals surface area contributed by atoms with E-state index in [1.165, 1.54) is 7.05 Å². The van der Waals surface area contributed by atoms with Crippen LogP contribution in [-0.2, 0) is 16.1 Å². The Morgan fingerprint density at radius 3 is 2.50 bits per heavy atom. The quantitative estimate of drug-likeness (QED) is 0.790. The molecule has 5 nitrogen and oxygen atoms in total. The van der Waals surface area contributed by atoms with E-state index in [-0.39, 0.29) is 11.4 Å². The SMILES string of the molecule is Cn1c(-c2cc(F)ccc2F)nnc1S(=O)(=O)Cl. The number of hydrogen-bond acceptors (Lipinski definition) is 4. The fourth-order valence-corrected chi connectivity index (χ4v) is 2.39. The summed E-state index contributed by atoms with van der Waals surface area (Å²) in [5, 5.41) is 6.30. The Hall–Kier alpha value is -1.54. The molecule has 9 heteroatoms. The predicted octanol–water partition coefficient (Wildman–Crippen LogP) is 1.69. The van der Waals surface area contributed by atoms with Gasteiger partial charge >= 0.3 is 0 Å². The van der Waals surface area contributed by atoms with Crippen molar-refractivity contribution in [2.45, 2.75) is 5.16 Å². The Bertz CT molecular complexity index is 715. The van der Waals surface area contributed by atoms with Crippen molar-refractivity contribution in [3.05, 3.63) is 29.8 Å². The molecule has 0 aliphatic heterocycles. The lowest BCUT2D eigenvalue weighted by molar-refractivity contribution is 0.591. The van der Waals surface area contributed by atoms with E-state index in [9.17, 15) is 17.2 Å². The summed E-state index contributed by atoms with van der Waals surface area (Å²) in [6.07, 6.45) is 0. The van der Waals surface area contributed by atoms with Crippen molar-refractivity contribution in [3.63, 3.8) is 0 Å². The fourth-order valence-electron chi connectivity index (χ4n) is 1.43. The molecule has 0 atom stereocenters. The lowest BCUT2D eigenvalue weighted by atomic mass is 10.2. The molecule has 1 heterocycles. The van der Waals surface area contributed by atoms with Gasteiger partial charge in [-0.05, 0) is 18.2 Å². The largest absolute Gasteiger partial charge is 0.300 e. The molecule has 0 radical (unpaired) electrons. The first-order chi connectivity index (χ1) is 8.30. The summed E-state index contributed by atoms with van der Waals surface area (Å²) in [5.74, 6) is -1.55. The monoisotopic (exact) mass is 293 g/mol. The van der Waals surface area contributed by atoms with Gasteiger partial charge in [-0.2, -0.15) is 0 Å². The van der Waals surface area contributed by atoms with Crippen molar-refractivity contribution in [3.8, 4) is 11.4 Å². The van der Waals surface area contributed by atoms with Gasteiger partial charge in [-0.15, -0.1) is 10.2 Å². The molecule has 0 aliphatic rings. The lowest BCUT2D eigenvalue weighted by Gasteiger charge is -2.03. The first-order valence-corrected chi connectivity index (χ1v) is 6.91. The maximum Gasteiger partial charge on any atom is 0.296 e. The van der Waals surface area contributed by atoms with E-state index in [2.05, 4.69) is 10.2 Å². The molecule has 0 unspecified atom stereocenters. The van der Waals surface area contributed by atoms with Crippen molar-refractivity contribution in [2.24, 2.45) is 7.05 Å². The summed E-state index contributed by atoms with van der Waals surface area (Å²) in [6.45, 7) is 0. The van der Waals surface area contributed by atoms with E-state index in [4.69, 9.17) is 10.7 Å². The standard InChI is InChI=1S/C9H6ClF2N3O2S/c1-15-8(13-14-9(15)18(10,16)17)6-4-5(11)2-3-7(6)12/h2-4H,1H3. The van der Waals surface area contributed by atoms with Crippen molar-refractivity contribution in [1.82, 2.24) is 14.8 Å². The van der Waals surface area contributed by atoms with Gasteiger partial charge in [-0.3, -0.25) is 4.57 Å². The van der Waals surface area contributed by atoms with Crippen LogP contribution in [0.15, 0.2) is 23.4 Å². The van der Waals surface area contributed by atoms with Crippen LogP contribution in [0.3, 0.4) is 0 Å². The van der Waals surface area contributed by atoms with Gasteiger partial charge in [0.1, 0.15) is 11.6 Å². The molecule has 0 aliphatic carbocycles. The maximum atomic E-state index is 13.5. The minimum atomic E-state index is -4.10. The van der Waals surface area contributed by atoms with E-state index in [0.717, 1.165) is 22.8 Å². The highest BCUT2D eigenvalue weighted by Crippen LogP contribution is 2.24. The van der Waals surface area contributed by atoms with Crippen molar-refractivity contribution in [1.29, 1.82) is 0 Å². The molecule has 0 N–H and O–H groups in total. The molecule has 0 saturated heterocycles. The van der Waals surface area contributed by atoms with E-state index >= 15 is 0 Å². The fraction of sp³-hybridized carbons (Fsp3) is 0.111. The number of nitrogens with zero attached hydrogens (tertiary/aromatic N) is 3. The molecule has 2 aromatic rings. The minimum absolute atomic E-state index is 0.133. The Morgan fingerprint density at radius 1 is 1.28 bits per heavy atom. The van der Waals surface area contributed by atoms with Crippen LogP contribution >= 0.6 is 10.7 Å². The molecule has 96 valence electrons. The van der Waals surface area contributed by atoms with Crippen LogP contribution in [-0.4, -0.2) is 23.2 Å². The van der Waals surface area contributed by atoms with Gasteiger partial charge in [0.15, 0.2) is 5.82 Å². The minimum Gasteiger partial charge on any atom is -0.300 e. The van der Waals surface area contributed by atoms with Crippen molar-refractivity contribution in [2.75, 3.05) is 0 Å². The normalized spacial score (nSPS) is 11.8. The van der Waals surface area contributed by atoms with Gasteiger partial charge in [-0.25, -0.2) is 17.2 Å². The van der Waals surface area contributed by atoms with Gasteiger partial charge in [0.2, 0.25) is 0 Å². The van der Waals surface area contributed by atoms with Gasteiger partial charge in [-0.1, -0.05) is 0 Å². The van der Waals surface area contributed by atoms with Gasteiger partial charge in [0, 0.05) is 17.7 Å². The molecule has 18 heavy (non-hydrogen) atoms. The van der Waals surface area contributed by atoms with E-state index in [1.54, 1.807) is 0 Å². The second kappa shape index (κ2) is 4.29. The summed E-state index contributed by atoms with van der Waals surface area (Å²) < 4.78 is 49.8. The average molecular weight is 294 g/mol. The Morgan fingerprint density at radius 2 is 1.94 bits per heavy atom. The summed E-state index contributed by atoms with van der Waals surface area (Å²) >= 11 is 0. The van der Waals surface area contributed by atoms with E-state index < -0.39 is 25.8 Å². The first-order valence-electron chi connectivity index (χ1n) is 4.60. The smallest absolute Gasteiger partial charge is 0.296 e. The topological polar surface area (TPSA) is 64.8 Å². The maximum absolute atomic E-state index is 13.5.